The van der Waals surface area contributed by atoms with E-state index < -0.39 is 0 Å². The fourth-order valence-corrected chi connectivity index (χ4v) is 1.67. The first-order valence-corrected chi connectivity index (χ1v) is 5.44. The minimum Gasteiger partial charge on any atom is -0.361 e. The highest BCUT2D eigenvalue weighted by Crippen LogP contribution is 2.04. The summed E-state index contributed by atoms with van der Waals surface area (Å²) in [6.45, 7) is 3.58. The molecule has 1 aromatic carbocycles. The van der Waals surface area contributed by atoms with Crippen molar-refractivity contribution in [2.24, 2.45) is 0 Å². The minimum absolute atomic E-state index is 0.709. The molecule has 1 aromatic rings. The summed E-state index contributed by atoms with van der Waals surface area (Å²) in [5, 5.41) is 0. The first-order chi connectivity index (χ1) is 7.45. The summed E-state index contributed by atoms with van der Waals surface area (Å²) < 4.78 is 5.65. The fourth-order valence-electron chi connectivity index (χ4n) is 1.67. The van der Waals surface area contributed by atoms with Crippen molar-refractivity contribution in [1.29, 1.82) is 0 Å². The molecule has 15 heavy (non-hydrogen) atoms. The van der Waals surface area contributed by atoms with Crippen LogP contribution in [0.2, 0.25) is 0 Å². The Kier molecular flexibility index (Phi) is 3.94. The van der Waals surface area contributed by atoms with Gasteiger partial charge < -0.3 is 4.74 Å². The average molecular weight is 203 g/mol. The third-order valence-corrected chi connectivity index (χ3v) is 2.53. The Balaban J connectivity index is 1.68. The third kappa shape index (κ3) is 3.50. The molecule has 1 aliphatic rings. The van der Waals surface area contributed by atoms with Crippen LogP contribution in [0.3, 0.4) is 0 Å². The number of ether oxygens (including phenoxy) is 1. The maximum Gasteiger partial charge on any atom is 0.0997 e. The van der Waals surface area contributed by atoms with Crippen LogP contribution < -0.4 is 0 Å². The van der Waals surface area contributed by atoms with Crippen LogP contribution in [-0.2, 0) is 11.3 Å². The molecule has 0 saturated carbocycles. The predicted molar refractivity (Wildman–Crippen MR) is 61.4 cm³/mol. The number of hydrogen-bond donors (Lipinski definition) is 0. The molecule has 80 valence electrons. The van der Waals surface area contributed by atoms with Gasteiger partial charge in [0.25, 0.3) is 0 Å². The Morgan fingerprint density at radius 3 is 2.73 bits per heavy atom. The first-order valence-electron chi connectivity index (χ1n) is 5.44. The Labute approximate surface area is 91.2 Å². The van der Waals surface area contributed by atoms with Crippen LogP contribution in [0.1, 0.15) is 12.0 Å². The van der Waals surface area contributed by atoms with E-state index in [2.05, 4.69) is 29.2 Å². The van der Waals surface area contributed by atoms with Crippen molar-refractivity contribution >= 4 is 0 Å². The van der Waals surface area contributed by atoms with Crippen molar-refractivity contribution in [3.63, 3.8) is 0 Å². The lowest BCUT2D eigenvalue weighted by Crippen LogP contribution is -2.29. The van der Waals surface area contributed by atoms with Crippen molar-refractivity contribution in [1.82, 2.24) is 4.90 Å². The van der Waals surface area contributed by atoms with Gasteiger partial charge in [0.1, 0.15) is 0 Å². The summed E-state index contributed by atoms with van der Waals surface area (Å²) >= 11 is 0. The molecular formula is C13H17NO. The number of benzene rings is 1. The van der Waals surface area contributed by atoms with E-state index in [0.29, 0.717) is 6.61 Å². The van der Waals surface area contributed by atoms with Crippen LogP contribution >= 0.6 is 0 Å². The summed E-state index contributed by atoms with van der Waals surface area (Å²) in [6.07, 6.45) is 5.58. The zero-order valence-electron chi connectivity index (χ0n) is 8.93. The van der Waals surface area contributed by atoms with E-state index in [1.165, 1.54) is 5.56 Å². The highest BCUT2D eigenvalue weighted by molar-refractivity contribution is 5.13. The Bertz CT molecular complexity index is 308. The van der Waals surface area contributed by atoms with E-state index in [-0.39, 0.29) is 0 Å². The minimum atomic E-state index is 0.709. The van der Waals surface area contributed by atoms with E-state index in [9.17, 15) is 0 Å². The summed E-state index contributed by atoms with van der Waals surface area (Å²) in [4.78, 5) is 2.31. The molecule has 0 saturated heterocycles. The zero-order chi connectivity index (χ0) is 10.3. The van der Waals surface area contributed by atoms with E-state index in [4.69, 9.17) is 4.74 Å². The summed E-state index contributed by atoms with van der Waals surface area (Å²) in [6, 6.07) is 10.3. The highest BCUT2D eigenvalue weighted by Gasteiger charge is 2.04. The maximum absolute atomic E-state index is 5.65. The molecule has 2 heteroatoms. The molecule has 0 fully saturated rings. The molecule has 0 atom stereocenters. The topological polar surface area (TPSA) is 12.5 Å². The van der Waals surface area contributed by atoms with Gasteiger partial charge in [-0.15, -0.1) is 0 Å². The normalized spacial score (nSPS) is 16.8. The van der Waals surface area contributed by atoms with Gasteiger partial charge in [-0.3, -0.25) is 4.90 Å². The molecule has 0 N–H and O–H groups in total. The molecule has 0 radical (unpaired) electrons. The average Bonchev–Trinajstić information content (AvgIpc) is 2.32. The number of hydrogen-bond acceptors (Lipinski definition) is 2. The highest BCUT2D eigenvalue weighted by atomic mass is 16.5. The quantitative estimate of drug-likeness (QED) is 0.697. The van der Waals surface area contributed by atoms with E-state index in [1.807, 2.05) is 18.2 Å². The molecule has 2 rings (SSSR count). The molecule has 2 nitrogen and oxygen atoms in total. The molecular weight excluding hydrogens is 186 g/mol. The molecule has 0 aliphatic carbocycles. The molecule has 0 amide bonds. The first kappa shape index (κ1) is 10.4. The lowest BCUT2D eigenvalue weighted by atomic mass is 10.2. The largest absolute Gasteiger partial charge is 0.361 e. The van der Waals surface area contributed by atoms with Gasteiger partial charge in [-0.2, -0.15) is 0 Å². The molecule has 0 aromatic heterocycles. The van der Waals surface area contributed by atoms with E-state index >= 15 is 0 Å². The number of rotatable bonds is 4. The summed E-state index contributed by atoms with van der Waals surface area (Å²) in [7, 11) is 0. The van der Waals surface area contributed by atoms with Crippen LogP contribution in [-0.4, -0.2) is 24.7 Å². The van der Waals surface area contributed by atoms with Crippen molar-refractivity contribution in [3.05, 3.63) is 48.0 Å². The molecule has 0 spiro atoms. The van der Waals surface area contributed by atoms with Gasteiger partial charge >= 0.3 is 0 Å². The van der Waals surface area contributed by atoms with Gasteiger partial charge in [-0.05, 0) is 12.0 Å². The summed E-state index contributed by atoms with van der Waals surface area (Å²) in [5.74, 6) is 0. The van der Waals surface area contributed by atoms with E-state index in [1.54, 1.807) is 0 Å². The molecule has 1 heterocycles. The monoisotopic (exact) mass is 203 g/mol. The van der Waals surface area contributed by atoms with Crippen molar-refractivity contribution < 1.29 is 4.74 Å². The van der Waals surface area contributed by atoms with Crippen LogP contribution in [0.15, 0.2) is 42.5 Å². The standard InChI is InChI=1S/C13H17NO/c1-3-7-13(8-4-1)11-15-12-14-9-5-2-6-10-14/h1-5,7-8H,6,9-12H2. The summed E-state index contributed by atoms with van der Waals surface area (Å²) in [5.41, 5.74) is 1.24. The van der Waals surface area contributed by atoms with Gasteiger partial charge in [0.15, 0.2) is 0 Å². The predicted octanol–water partition coefficient (Wildman–Crippen LogP) is 2.42. The van der Waals surface area contributed by atoms with Gasteiger partial charge in [-0.25, -0.2) is 0 Å². The van der Waals surface area contributed by atoms with Gasteiger partial charge in [0.05, 0.1) is 13.3 Å². The second-order valence-corrected chi connectivity index (χ2v) is 3.80. The second-order valence-electron chi connectivity index (χ2n) is 3.80. The Hall–Kier alpha value is -1.12. The van der Waals surface area contributed by atoms with Crippen LogP contribution in [0.25, 0.3) is 0 Å². The van der Waals surface area contributed by atoms with Crippen molar-refractivity contribution in [2.45, 2.75) is 13.0 Å². The van der Waals surface area contributed by atoms with E-state index in [0.717, 1.165) is 26.2 Å². The third-order valence-electron chi connectivity index (χ3n) is 2.53. The maximum atomic E-state index is 5.65. The van der Waals surface area contributed by atoms with Crippen molar-refractivity contribution in [2.75, 3.05) is 19.8 Å². The zero-order valence-corrected chi connectivity index (χ0v) is 8.93. The van der Waals surface area contributed by atoms with Gasteiger partial charge in [-0.1, -0.05) is 42.5 Å². The van der Waals surface area contributed by atoms with Gasteiger partial charge in [0.2, 0.25) is 0 Å². The van der Waals surface area contributed by atoms with Crippen LogP contribution in [0.5, 0.6) is 0 Å². The molecule has 0 unspecified atom stereocenters. The van der Waals surface area contributed by atoms with Crippen LogP contribution in [0.4, 0.5) is 0 Å². The fraction of sp³-hybridized carbons (Fsp3) is 0.385. The van der Waals surface area contributed by atoms with Crippen molar-refractivity contribution in [3.8, 4) is 0 Å². The molecule has 1 aliphatic heterocycles. The lowest BCUT2D eigenvalue weighted by Gasteiger charge is -2.22. The van der Waals surface area contributed by atoms with Crippen LogP contribution in [0, 0.1) is 0 Å². The number of nitrogens with zero attached hydrogens (tertiary/aromatic N) is 1. The lowest BCUT2D eigenvalue weighted by molar-refractivity contribution is 0.0236. The second kappa shape index (κ2) is 5.69. The van der Waals surface area contributed by atoms with Gasteiger partial charge in [0, 0.05) is 13.1 Å². The SMILES string of the molecule is C1=CCN(COCc2ccccc2)CC1. The Morgan fingerprint density at radius 2 is 2.00 bits per heavy atom. The Morgan fingerprint density at radius 1 is 1.13 bits per heavy atom. The smallest absolute Gasteiger partial charge is 0.0997 e. The molecule has 0 bridgehead atoms.